The quantitative estimate of drug-likeness (QED) is 0.847. The second-order valence-electron chi connectivity index (χ2n) is 5.24. The van der Waals surface area contributed by atoms with Crippen molar-refractivity contribution in [3.8, 4) is 0 Å². The number of carbonyl (C=O) groups is 1. The van der Waals surface area contributed by atoms with Crippen molar-refractivity contribution in [2.75, 3.05) is 31.1 Å². The van der Waals surface area contributed by atoms with E-state index in [9.17, 15) is 9.18 Å². The van der Waals surface area contributed by atoms with Crippen molar-refractivity contribution < 1.29 is 9.18 Å². The fourth-order valence-corrected chi connectivity index (χ4v) is 2.84. The Labute approximate surface area is 133 Å². The fraction of sp³-hybridized carbons (Fsp3) is 0.235. The van der Waals surface area contributed by atoms with Crippen LogP contribution in [0.3, 0.4) is 0 Å². The van der Waals surface area contributed by atoms with E-state index in [1.54, 1.807) is 4.90 Å². The van der Waals surface area contributed by atoms with Crippen LogP contribution < -0.4 is 4.90 Å². The maximum atomic E-state index is 13.3. The number of anilines is 1. The number of benzene rings is 2. The summed E-state index contributed by atoms with van der Waals surface area (Å²) < 4.78 is 13.3. The number of amides is 1. The molecule has 1 aliphatic rings. The third-order valence-electron chi connectivity index (χ3n) is 3.85. The Morgan fingerprint density at radius 1 is 1.00 bits per heavy atom. The fourth-order valence-electron chi connectivity index (χ4n) is 2.64. The normalized spacial score (nSPS) is 15.0. The van der Waals surface area contributed by atoms with Gasteiger partial charge in [-0.1, -0.05) is 29.8 Å². The Bertz CT molecular complexity index is 670. The van der Waals surface area contributed by atoms with Crippen LogP contribution in [0.1, 0.15) is 10.4 Å². The van der Waals surface area contributed by atoms with E-state index in [0.717, 1.165) is 18.8 Å². The van der Waals surface area contributed by atoms with Crippen molar-refractivity contribution in [2.45, 2.75) is 0 Å². The molecule has 1 aliphatic heterocycles. The van der Waals surface area contributed by atoms with Gasteiger partial charge in [0.2, 0.25) is 0 Å². The molecule has 0 N–H and O–H groups in total. The summed E-state index contributed by atoms with van der Waals surface area (Å²) in [6.07, 6.45) is 0. The minimum Gasteiger partial charge on any atom is -0.368 e. The molecule has 2 aromatic rings. The molecule has 114 valence electrons. The topological polar surface area (TPSA) is 23.6 Å². The molecule has 0 radical (unpaired) electrons. The summed E-state index contributed by atoms with van der Waals surface area (Å²) in [5.74, 6) is -0.659. The van der Waals surface area contributed by atoms with Crippen molar-refractivity contribution in [1.29, 1.82) is 0 Å². The van der Waals surface area contributed by atoms with Gasteiger partial charge in [0.15, 0.2) is 0 Å². The van der Waals surface area contributed by atoms with Crippen LogP contribution in [0, 0.1) is 5.82 Å². The second kappa shape index (κ2) is 6.36. The zero-order chi connectivity index (χ0) is 15.5. The van der Waals surface area contributed by atoms with Crippen molar-refractivity contribution in [3.63, 3.8) is 0 Å². The number of rotatable bonds is 2. The average Bonchev–Trinajstić information content (AvgIpc) is 2.57. The highest BCUT2D eigenvalue weighted by Gasteiger charge is 2.24. The highest BCUT2D eigenvalue weighted by Crippen LogP contribution is 2.21. The maximum Gasteiger partial charge on any atom is 0.255 e. The molecule has 3 nitrogen and oxygen atoms in total. The Balaban J connectivity index is 1.68. The highest BCUT2D eigenvalue weighted by molar-refractivity contribution is 6.33. The van der Waals surface area contributed by atoms with Crippen LogP contribution in [-0.2, 0) is 0 Å². The molecule has 1 heterocycles. The SMILES string of the molecule is O=C(c1cc(F)ccc1Cl)N1CCN(c2ccccc2)CC1. The monoisotopic (exact) mass is 318 g/mol. The van der Waals surface area contributed by atoms with Crippen LogP contribution in [-0.4, -0.2) is 37.0 Å². The molecule has 1 fully saturated rings. The first kappa shape index (κ1) is 14.9. The molecular formula is C17H16ClFN2O. The predicted octanol–water partition coefficient (Wildman–Crippen LogP) is 3.44. The first-order chi connectivity index (χ1) is 10.6. The van der Waals surface area contributed by atoms with Crippen LogP contribution in [0.5, 0.6) is 0 Å². The summed E-state index contributed by atoms with van der Waals surface area (Å²) in [5.41, 5.74) is 1.38. The average molecular weight is 319 g/mol. The van der Waals surface area contributed by atoms with E-state index in [1.165, 1.54) is 18.2 Å². The van der Waals surface area contributed by atoms with Gasteiger partial charge < -0.3 is 9.80 Å². The van der Waals surface area contributed by atoms with Gasteiger partial charge in [-0.2, -0.15) is 0 Å². The first-order valence-electron chi connectivity index (χ1n) is 7.19. The van der Waals surface area contributed by atoms with E-state index in [-0.39, 0.29) is 16.5 Å². The summed E-state index contributed by atoms with van der Waals surface area (Å²) in [6, 6.07) is 14.0. The number of halogens is 2. The van der Waals surface area contributed by atoms with Crippen molar-refractivity contribution in [1.82, 2.24) is 4.90 Å². The minimum absolute atomic E-state index is 0.211. The molecule has 0 unspecified atom stereocenters. The van der Waals surface area contributed by atoms with E-state index in [0.29, 0.717) is 13.1 Å². The number of carbonyl (C=O) groups excluding carboxylic acids is 1. The van der Waals surface area contributed by atoms with E-state index in [2.05, 4.69) is 17.0 Å². The smallest absolute Gasteiger partial charge is 0.255 e. The van der Waals surface area contributed by atoms with Crippen LogP contribution in [0.4, 0.5) is 10.1 Å². The Morgan fingerprint density at radius 3 is 2.36 bits per heavy atom. The summed E-state index contributed by atoms with van der Waals surface area (Å²) in [7, 11) is 0. The lowest BCUT2D eigenvalue weighted by Crippen LogP contribution is -2.48. The van der Waals surface area contributed by atoms with Gasteiger partial charge in [0.05, 0.1) is 10.6 Å². The zero-order valence-corrected chi connectivity index (χ0v) is 12.8. The van der Waals surface area contributed by atoms with Crippen LogP contribution in [0.2, 0.25) is 5.02 Å². The molecule has 0 saturated carbocycles. The number of nitrogens with zero attached hydrogens (tertiary/aromatic N) is 2. The van der Waals surface area contributed by atoms with E-state index < -0.39 is 5.82 Å². The summed E-state index contributed by atoms with van der Waals surface area (Å²) in [4.78, 5) is 16.4. The minimum atomic E-state index is -0.448. The number of para-hydroxylation sites is 1. The lowest BCUT2D eigenvalue weighted by atomic mass is 10.1. The van der Waals surface area contributed by atoms with Gasteiger partial charge in [-0.15, -0.1) is 0 Å². The van der Waals surface area contributed by atoms with E-state index in [4.69, 9.17) is 11.6 Å². The summed E-state index contributed by atoms with van der Waals surface area (Å²) in [5, 5.41) is 0.289. The van der Waals surface area contributed by atoms with Gasteiger partial charge >= 0.3 is 0 Å². The molecule has 0 aromatic heterocycles. The highest BCUT2D eigenvalue weighted by atomic mass is 35.5. The largest absolute Gasteiger partial charge is 0.368 e. The van der Waals surface area contributed by atoms with Gasteiger partial charge in [0.1, 0.15) is 5.82 Å². The molecule has 1 saturated heterocycles. The Morgan fingerprint density at radius 2 is 1.68 bits per heavy atom. The molecule has 0 spiro atoms. The third-order valence-corrected chi connectivity index (χ3v) is 4.18. The molecular weight excluding hydrogens is 303 g/mol. The summed E-state index contributed by atoms with van der Waals surface area (Å²) in [6.45, 7) is 2.70. The standard InChI is InChI=1S/C17H16ClFN2O/c18-16-7-6-13(19)12-15(16)17(22)21-10-8-20(9-11-21)14-4-2-1-3-5-14/h1-7,12H,8-11H2. The molecule has 1 amide bonds. The molecule has 22 heavy (non-hydrogen) atoms. The maximum absolute atomic E-state index is 13.3. The van der Waals surface area contributed by atoms with Crippen LogP contribution >= 0.6 is 11.6 Å². The molecule has 3 rings (SSSR count). The first-order valence-corrected chi connectivity index (χ1v) is 7.57. The van der Waals surface area contributed by atoms with Crippen molar-refractivity contribution in [2.24, 2.45) is 0 Å². The van der Waals surface area contributed by atoms with Crippen LogP contribution in [0.15, 0.2) is 48.5 Å². The molecule has 0 bridgehead atoms. The van der Waals surface area contributed by atoms with E-state index >= 15 is 0 Å². The number of hydrogen-bond donors (Lipinski definition) is 0. The van der Waals surface area contributed by atoms with Crippen LogP contribution in [0.25, 0.3) is 0 Å². The van der Waals surface area contributed by atoms with Gasteiger partial charge in [0.25, 0.3) is 5.91 Å². The van der Waals surface area contributed by atoms with Gasteiger partial charge in [-0.05, 0) is 30.3 Å². The zero-order valence-electron chi connectivity index (χ0n) is 12.0. The van der Waals surface area contributed by atoms with Crippen molar-refractivity contribution in [3.05, 3.63) is 64.9 Å². The molecule has 2 aromatic carbocycles. The van der Waals surface area contributed by atoms with Gasteiger partial charge in [-0.3, -0.25) is 4.79 Å². The second-order valence-corrected chi connectivity index (χ2v) is 5.65. The lowest BCUT2D eigenvalue weighted by molar-refractivity contribution is 0.0746. The number of hydrogen-bond acceptors (Lipinski definition) is 2. The molecule has 5 heteroatoms. The van der Waals surface area contributed by atoms with Crippen molar-refractivity contribution >= 4 is 23.2 Å². The molecule has 0 atom stereocenters. The molecule has 0 aliphatic carbocycles. The number of piperazine rings is 1. The predicted molar refractivity (Wildman–Crippen MR) is 86.0 cm³/mol. The Hall–Kier alpha value is -2.07. The van der Waals surface area contributed by atoms with E-state index in [1.807, 2.05) is 18.2 Å². The van der Waals surface area contributed by atoms with Gasteiger partial charge in [-0.25, -0.2) is 4.39 Å². The van der Waals surface area contributed by atoms with Gasteiger partial charge in [0, 0.05) is 31.9 Å². The Kier molecular flexibility index (Phi) is 4.29. The third kappa shape index (κ3) is 3.07. The lowest BCUT2D eigenvalue weighted by Gasteiger charge is -2.36. The summed E-state index contributed by atoms with van der Waals surface area (Å²) >= 11 is 6.01.